The van der Waals surface area contributed by atoms with E-state index in [4.69, 9.17) is 28.6 Å². The molecule has 0 spiro atoms. The Bertz CT molecular complexity index is 1260. The summed E-state index contributed by atoms with van der Waals surface area (Å²) in [6, 6.07) is 25.9. The van der Waals surface area contributed by atoms with Crippen molar-refractivity contribution >= 4 is 40.6 Å². The molecule has 0 atom stereocenters. The summed E-state index contributed by atoms with van der Waals surface area (Å²) in [7, 11) is 0. The number of hydrogen-bond acceptors (Lipinski definition) is 3. The lowest BCUT2D eigenvalue weighted by Crippen LogP contribution is -2.31. The Morgan fingerprint density at radius 3 is 2.40 bits per heavy atom. The minimum atomic E-state index is 0.680. The molecule has 2 aliphatic rings. The van der Waals surface area contributed by atoms with Crippen LogP contribution >= 0.6 is 23.8 Å². The van der Waals surface area contributed by atoms with Gasteiger partial charge in [0.05, 0.1) is 10.7 Å². The number of nitrogens with zero attached hydrogens (tertiary/aromatic N) is 1. The highest BCUT2D eigenvalue weighted by Crippen LogP contribution is 2.38. The minimum Gasteiger partial charge on any atom is -0.457 e. The highest BCUT2D eigenvalue weighted by Gasteiger charge is 2.28. The summed E-state index contributed by atoms with van der Waals surface area (Å²) < 4.78 is 6.07. The molecule has 0 aromatic heterocycles. The second-order valence-electron chi connectivity index (χ2n) is 8.97. The topological polar surface area (TPSA) is 24.5 Å². The summed E-state index contributed by atoms with van der Waals surface area (Å²) >= 11 is 12.3. The zero-order chi connectivity index (χ0) is 24.0. The molecule has 1 heterocycles. The van der Waals surface area contributed by atoms with Gasteiger partial charge >= 0.3 is 0 Å². The first-order valence-electron chi connectivity index (χ1n) is 12.3. The van der Waals surface area contributed by atoms with E-state index in [1.165, 1.54) is 36.1 Å². The molecule has 1 aliphatic heterocycles. The second-order valence-corrected chi connectivity index (χ2v) is 9.78. The summed E-state index contributed by atoms with van der Waals surface area (Å²) in [5, 5.41) is 4.09. The van der Waals surface area contributed by atoms with E-state index in [2.05, 4.69) is 34.5 Å². The maximum atomic E-state index is 6.40. The molecule has 0 radical (unpaired) electrons. The van der Waals surface area contributed by atoms with Crippen molar-refractivity contribution in [3.63, 3.8) is 0 Å². The summed E-state index contributed by atoms with van der Waals surface area (Å²) in [6.45, 7) is 2.14. The number of likely N-dealkylation sites (tertiary alicyclic amines) is 1. The van der Waals surface area contributed by atoms with Gasteiger partial charge in [-0.1, -0.05) is 66.3 Å². The monoisotopic (exact) mass is 500 g/mol. The standard InChI is InChI=1S/C30H29ClN2OS/c31-27-14-5-6-15-28(27)32-30(35)26-17-16-23(29(26)33-18-7-2-8-19-33)20-22-10-9-13-25(21-22)34-24-11-3-1-4-12-24/h1,3-6,9-15,20-21H,2,7-8,16-19H2,(H,32,35)/b23-20+. The van der Waals surface area contributed by atoms with Gasteiger partial charge in [0.25, 0.3) is 0 Å². The highest BCUT2D eigenvalue weighted by molar-refractivity contribution is 7.81. The number of halogens is 1. The molecule has 5 rings (SSSR count). The third kappa shape index (κ3) is 5.77. The van der Waals surface area contributed by atoms with Crippen molar-refractivity contribution in [2.45, 2.75) is 32.1 Å². The number of nitrogens with one attached hydrogen (secondary N) is 1. The molecule has 178 valence electrons. The summed E-state index contributed by atoms with van der Waals surface area (Å²) in [6.07, 6.45) is 7.92. The minimum absolute atomic E-state index is 0.680. The predicted molar refractivity (Wildman–Crippen MR) is 150 cm³/mol. The summed E-state index contributed by atoms with van der Waals surface area (Å²) in [5.74, 6) is 1.67. The number of allylic oxidation sites excluding steroid dienone is 1. The first-order valence-corrected chi connectivity index (χ1v) is 13.0. The van der Waals surface area contributed by atoms with Gasteiger partial charge in [-0.3, -0.25) is 0 Å². The molecule has 35 heavy (non-hydrogen) atoms. The molecule has 3 aromatic rings. The van der Waals surface area contributed by atoms with Gasteiger partial charge in [0.2, 0.25) is 0 Å². The van der Waals surface area contributed by atoms with Crippen LogP contribution in [0.15, 0.2) is 95.7 Å². The van der Waals surface area contributed by atoms with E-state index in [-0.39, 0.29) is 0 Å². The van der Waals surface area contributed by atoms with Crippen LogP contribution in [0, 0.1) is 0 Å². The number of piperidine rings is 1. The van der Waals surface area contributed by atoms with Crippen LogP contribution in [0.25, 0.3) is 6.08 Å². The van der Waals surface area contributed by atoms with Crippen molar-refractivity contribution in [2.75, 3.05) is 18.4 Å². The molecule has 0 bridgehead atoms. The molecule has 1 fully saturated rings. The zero-order valence-corrected chi connectivity index (χ0v) is 21.2. The Morgan fingerprint density at radius 1 is 0.857 bits per heavy atom. The third-order valence-electron chi connectivity index (χ3n) is 6.48. The molecule has 1 saturated heterocycles. The zero-order valence-electron chi connectivity index (χ0n) is 19.7. The van der Waals surface area contributed by atoms with E-state index in [9.17, 15) is 0 Å². The lowest BCUT2D eigenvalue weighted by molar-refractivity contribution is 0.290. The van der Waals surface area contributed by atoms with Crippen molar-refractivity contribution in [2.24, 2.45) is 0 Å². The molecule has 3 aromatic carbocycles. The molecular weight excluding hydrogens is 472 g/mol. The number of ether oxygens (including phenoxy) is 1. The Balaban J connectivity index is 1.45. The Hall–Kier alpha value is -3.08. The van der Waals surface area contributed by atoms with Gasteiger partial charge in [-0.05, 0) is 85.7 Å². The first-order chi connectivity index (χ1) is 17.2. The Kier molecular flexibility index (Phi) is 7.51. The van der Waals surface area contributed by atoms with Gasteiger partial charge in [0, 0.05) is 24.4 Å². The fraction of sp³-hybridized carbons (Fsp3) is 0.233. The van der Waals surface area contributed by atoms with Gasteiger partial charge < -0.3 is 15.0 Å². The van der Waals surface area contributed by atoms with E-state index in [0.29, 0.717) is 5.02 Å². The summed E-state index contributed by atoms with van der Waals surface area (Å²) in [4.78, 5) is 3.30. The number of thiocarbonyl (C=S) groups is 1. The third-order valence-corrected chi connectivity index (χ3v) is 7.16. The molecule has 1 aliphatic carbocycles. The number of benzene rings is 3. The van der Waals surface area contributed by atoms with Gasteiger partial charge in [0.15, 0.2) is 0 Å². The van der Waals surface area contributed by atoms with Crippen LogP contribution in [0.4, 0.5) is 5.69 Å². The van der Waals surface area contributed by atoms with Crippen molar-refractivity contribution in [3.8, 4) is 11.5 Å². The average Bonchev–Trinajstić information content (AvgIpc) is 3.30. The van der Waals surface area contributed by atoms with Gasteiger partial charge in [-0.25, -0.2) is 0 Å². The number of para-hydroxylation sites is 2. The van der Waals surface area contributed by atoms with E-state index in [1.54, 1.807) is 0 Å². The molecule has 5 heteroatoms. The Morgan fingerprint density at radius 2 is 1.60 bits per heavy atom. The molecule has 0 unspecified atom stereocenters. The quantitative estimate of drug-likeness (QED) is 0.343. The van der Waals surface area contributed by atoms with Crippen LogP contribution in [0.5, 0.6) is 11.5 Å². The van der Waals surface area contributed by atoms with Crippen LogP contribution < -0.4 is 10.1 Å². The average molecular weight is 501 g/mol. The fourth-order valence-electron chi connectivity index (χ4n) is 4.82. The van der Waals surface area contributed by atoms with E-state index >= 15 is 0 Å². The van der Waals surface area contributed by atoms with E-state index in [1.807, 2.05) is 60.7 Å². The smallest absolute Gasteiger partial charge is 0.128 e. The van der Waals surface area contributed by atoms with Crippen molar-refractivity contribution in [1.82, 2.24) is 4.90 Å². The van der Waals surface area contributed by atoms with Crippen LogP contribution in [-0.4, -0.2) is 23.0 Å². The van der Waals surface area contributed by atoms with E-state index in [0.717, 1.165) is 53.7 Å². The van der Waals surface area contributed by atoms with Gasteiger partial charge in [0.1, 0.15) is 16.5 Å². The van der Waals surface area contributed by atoms with E-state index < -0.39 is 0 Å². The maximum absolute atomic E-state index is 6.40. The van der Waals surface area contributed by atoms with Crippen molar-refractivity contribution in [3.05, 3.63) is 106 Å². The SMILES string of the molecule is S=C(Nc1ccccc1Cl)C1=C(N2CCCCC2)/C(=C/c2cccc(Oc3ccccc3)c2)CC1. The molecule has 1 N–H and O–H groups in total. The van der Waals surface area contributed by atoms with Gasteiger partial charge in [-0.2, -0.15) is 0 Å². The predicted octanol–water partition coefficient (Wildman–Crippen LogP) is 8.49. The fourth-order valence-corrected chi connectivity index (χ4v) is 5.31. The van der Waals surface area contributed by atoms with Crippen LogP contribution in [0.2, 0.25) is 5.02 Å². The van der Waals surface area contributed by atoms with Crippen LogP contribution in [0.3, 0.4) is 0 Å². The summed E-state index contributed by atoms with van der Waals surface area (Å²) in [5.41, 5.74) is 5.83. The maximum Gasteiger partial charge on any atom is 0.128 e. The highest BCUT2D eigenvalue weighted by atomic mass is 35.5. The first kappa shape index (κ1) is 23.7. The molecule has 3 nitrogen and oxygen atoms in total. The van der Waals surface area contributed by atoms with Crippen LogP contribution in [-0.2, 0) is 0 Å². The van der Waals surface area contributed by atoms with Crippen molar-refractivity contribution < 1.29 is 4.74 Å². The number of anilines is 1. The van der Waals surface area contributed by atoms with Crippen LogP contribution in [0.1, 0.15) is 37.7 Å². The normalized spacial score (nSPS) is 17.1. The lowest BCUT2D eigenvalue weighted by atomic mass is 10.0. The Labute approximate surface area is 218 Å². The van der Waals surface area contributed by atoms with Gasteiger partial charge in [-0.15, -0.1) is 0 Å². The number of rotatable bonds is 6. The lowest BCUT2D eigenvalue weighted by Gasteiger charge is -2.32. The molecular formula is C30H29ClN2OS. The molecule has 0 amide bonds. The molecule has 0 saturated carbocycles. The number of hydrogen-bond donors (Lipinski definition) is 1. The second kappa shape index (κ2) is 11.1. The van der Waals surface area contributed by atoms with Crippen molar-refractivity contribution in [1.29, 1.82) is 0 Å². The largest absolute Gasteiger partial charge is 0.457 e.